The molecule has 1 heterocycles. The van der Waals surface area contributed by atoms with Gasteiger partial charge in [0, 0.05) is 12.5 Å². The largest absolute Gasteiger partial charge is 0.352 e. The van der Waals surface area contributed by atoms with Crippen molar-refractivity contribution < 1.29 is 13.6 Å². The molecule has 5 heteroatoms. The normalized spacial score (nSPS) is 29.9. The molecule has 0 bridgehead atoms. The number of amides is 1. The van der Waals surface area contributed by atoms with E-state index in [1.807, 2.05) is 0 Å². The fourth-order valence-corrected chi connectivity index (χ4v) is 2.63. The Balaban J connectivity index is 1.80. The van der Waals surface area contributed by atoms with Gasteiger partial charge in [-0.25, -0.2) is 8.78 Å². The number of alkyl halides is 2. The molecule has 2 rings (SSSR count). The first-order chi connectivity index (χ1) is 8.07. The SMILES string of the molecule is O=C(NC1CCCCCC1)C1CC(F)(F)CN1. The van der Waals surface area contributed by atoms with Crippen molar-refractivity contribution in [2.75, 3.05) is 6.54 Å². The van der Waals surface area contributed by atoms with E-state index in [1.165, 1.54) is 12.8 Å². The summed E-state index contributed by atoms with van der Waals surface area (Å²) in [5, 5.41) is 5.49. The topological polar surface area (TPSA) is 41.1 Å². The molecule has 2 fully saturated rings. The maximum atomic E-state index is 13.0. The first kappa shape index (κ1) is 12.7. The number of rotatable bonds is 2. The van der Waals surface area contributed by atoms with E-state index in [-0.39, 0.29) is 24.9 Å². The second kappa shape index (κ2) is 5.29. The van der Waals surface area contributed by atoms with E-state index in [9.17, 15) is 13.6 Å². The van der Waals surface area contributed by atoms with E-state index >= 15 is 0 Å². The molecule has 0 spiro atoms. The molecule has 1 aliphatic carbocycles. The monoisotopic (exact) mass is 246 g/mol. The van der Waals surface area contributed by atoms with Crippen LogP contribution >= 0.6 is 0 Å². The summed E-state index contributed by atoms with van der Waals surface area (Å²) in [6.07, 6.45) is 6.27. The van der Waals surface area contributed by atoms with Gasteiger partial charge in [-0.05, 0) is 12.8 Å². The van der Waals surface area contributed by atoms with Crippen molar-refractivity contribution in [1.29, 1.82) is 0 Å². The summed E-state index contributed by atoms with van der Waals surface area (Å²) in [5.41, 5.74) is 0. The summed E-state index contributed by atoms with van der Waals surface area (Å²) in [6.45, 7) is -0.379. The number of carbonyl (C=O) groups is 1. The van der Waals surface area contributed by atoms with Crippen molar-refractivity contribution in [3.63, 3.8) is 0 Å². The molecule has 2 N–H and O–H groups in total. The lowest BCUT2D eigenvalue weighted by Gasteiger charge is -2.19. The summed E-state index contributed by atoms with van der Waals surface area (Å²) < 4.78 is 25.9. The molecule has 0 aromatic heterocycles. The number of hydrogen-bond acceptors (Lipinski definition) is 2. The molecule has 0 aromatic rings. The van der Waals surface area contributed by atoms with Gasteiger partial charge in [0.1, 0.15) is 0 Å². The maximum Gasteiger partial charge on any atom is 0.262 e. The van der Waals surface area contributed by atoms with Gasteiger partial charge in [-0.15, -0.1) is 0 Å². The van der Waals surface area contributed by atoms with Gasteiger partial charge in [-0.2, -0.15) is 0 Å². The van der Waals surface area contributed by atoms with Crippen molar-refractivity contribution >= 4 is 5.91 Å². The molecule has 1 aliphatic heterocycles. The molecular formula is C12H20F2N2O. The van der Waals surface area contributed by atoms with Crippen molar-refractivity contribution in [2.45, 2.75) is 63.0 Å². The number of nitrogens with one attached hydrogen (secondary N) is 2. The van der Waals surface area contributed by atoms with E-state index in [4.69, 9.17) is 0 Å². The van der Waals surface area contributed by atoms with Gasteiger partial charge >= 0.3 is 0 Å². The zero-order valence-corrected chi connectivity index (χ0v) is 9.98. The molecule has 1 saturated carbocycles. The van der Waals surface area contributed by atoms with Crippen molar-refractivity contribution in [3.05, 3.63) is 0 Å². The lowest BCUT2D eigenvalue weighted by atomic mass is 10.1. The minimum Gasteiger partial charge on any atom is -0.352 e. The summed E-state index contributed by atoms with van der Waals surface area (Å²) >= 11 is 0. The second-order valence-electron chi connectivity index (χ2n) is 5.19. The number of carbonyl (C=O) groups excluding carboxylic acids is 1. The van der Waals surface area contributed by atoms with Crippen LogP contribution in [0.4, 0.5) is 8.78 Å². The number of hydrogen-bond donors (Lipinski definition) is 2. The van der Waals surface area contributed by atoms with Gasteiger partial charge in [-0.1, -0.05) is 25.7 Å². The van der Waals surface area contributed by atoms with E-state index in [0.29, 0.717) is 0 Å². The van der Waals surface area contributed by atoms with Gasteiger partial charge in [-0.3, -0.25) is 10.1 Å². The summed E-state index contributed by atoms with van der Waals surface area (Å²) in [7, 11) is 0. The van der Waals surface area contributed by atoms with Crippen LogP contribution in [0.25, 0.3) is 0 Å². The predicted molar refractivity (Wildman–Crippen MR) is 61.0 cm³/mol. The molecule has 1 unspecified atom stereocenters. The van der Waals surface area contributed by atoms with Gasteiger partial charge in [0.05, 0.1) is 12.6 Å². The molecule has 0 aromatic carbocycles. The van der Waals surface area contributed by atoms with Crippen LogP contribution in [0.15, 0.2) is 0 Å². The van der Waals surface area contributed by atoms with Crippen LogP contribution < -0.4 is 10.6 Å². The minimum absolute atomic E-state index is 0.182. The third kappa shape index (κ3) is 3.63. The van der Waals surface area contributed by atoms with E-state index in [0.717, 1.165) is 25.7 Å². The molecule has 3 nitrogen and oxygen atoms in total. The van der Waals surface area contributed by atoms with Crippen molar-refractivity contribution in [3.8, 4) is 0 Å². The smallest absolute Gasteiger partial charge is 0.262 e. The van der Waals surface area contributed by atoms with E-state index in [1.54, 1.807) is 0 Å². The Morgan fingerprint density at radius 1 is 1.18 bits per heavy atom. The quantitative estimate of drug-likeness (QED) is 0.730. The molecule has 98 valence electrons. The highest BCUT2D eigenvalue weighted by molar-refractivity contribution is 5.82. The summed E-state index contributed by atoms with van der Waals surface area (Å²) in [4.78, 5) is 11.8. The average Bonchev–Trinajstić information content (AvgIpc) is 2.50. The molecular weight excluding hydrogens is 226 g/mol. The van der Waals surface area contributed by atoms with E-state index in [2.05, 4.69) is 10.6 Å². The fourth-order valence-electron chi connectivity index (χ4n) is 2.63. The second-order valence-corrected chi connectivity index (χ2v) is 5.19. The van der Waals surface area contributed by atoms with Crippen LogP contribution in [0.1, 0.15) is 44.9 Å². The van der Waals surface area contributed by atoms with Crippen LogP contribution in [-0.4, -0.2) is 30.5 Å². The zero-order chi connectivity index (χ0) is 12.3. The van der Waals surface area contributed by atoms with Crippen LogP contribution in [0.2, 0.25) is 0 Å². The Morgan fingerprint density at radius 2 is 1.82 bits per heavy atom. The Morgan fingerprint density at radius 3 is 2.35 bits per heavy atom. The third-order valence-corrected chi connectivity index (χ3v) is 3.63. The predicted octanol–water partition coefficient (Wildman–Crippen LogP) is 1.82. The molecule has 17 heavy (non-hydrogen) atoms. The maximum absolute atomic E-state index is 13.0. The van der Waals surface area contributed by atoms with Crippen molar-refractivity contribution in [1.82, 2.24) is 10.6 Å². The lowest BCUT2D eigenvalue weighted by molar-refractivity contribution is -0.124. The standard InChI is InChI=1S/C12H20F2N2O/c13-12(14)7-10(15-8-12)11(17)16-9-5-3-1-2-4-6-9/h9-10,15H,1-8H2,(H,16,17). The zero-order valence-electron chi connectivity index (χ0n) is 9.98. The molecule has 1 saturated heterocycles. The lowest BCUT2D eigenvalue weighted by Crippen LogP contribution is -2.45. The Bertz CT molecular complexity index is 276. The van der Waals surface area contributed by atoms with E-state index < -0.39 is 12.0 Å². The Kier molecular flexibility index (Phi) is 3.97. The van der Waals surface area contributed by atoms with Crippen molar-refractivity contribution in [2.24, 2.45) is 0 Å². The van der Waals surface area contributed by atoms with Crippen LogP contribution in [0.3, 0.4) is 0 Å². The molecule has 1 amide bonds. The average molecular weight is 246 g/mol. The van der Waals surface area contributed by atoms with Gasteiger partial charge in [0.2, 0.25) is 5.91 Å². The molecule has 0 radical (unpaired) electrons. The molecule has 1 atom stereocenters. The van der Waals surface area contributed by atoms with Crippen LogP contribution in [0.5, 0.6) is 0 Å². The summed E-state index contributed by atoms with van der Waals surface area (Å²) in [6, 6.07) is -0.533. The van der Waals surface area contributed by atoms with Gasteiger partial charge in [0.25, 0.3) is 5.92 Å². The first-order valence-corrected chi connectivity index (χ1v) is 6.48. The highest BCUT2D eigenvalue weighted by Gasteiger charge is 2.42. The van der Waals surface area contributed by atoms with Gasteiger partial charge < -0.3 is 5.32 Å². The van der Waals surface area contributed by atoms with Crippen LogP contribution in [-0.2, 0) is 4.79 Å². The van der Waals surface area contributed by atoms with Gasteiger partial charge in [0.15, 0.2) is 0 Å². The summed E-state index contributed by atoms with van der Waals surface area (Å²) in [5.74, 6) is -2.99. The highest BCUT2D eigenvalue weighted by Crippen LogP contribution is 2.25. The Hall–Kier alpha value is -0.710. The highest BCUT2D eigenvalue weighted by atomic mass is 19.3. The molecule has 2 aliphatic rings. The van der Waals surface area contributed by atoms with Crippen LogP contribution in [0, 0.1) is 0 Å². The minimum atomic E-state index is -2.73. The third-order valence-electron chi connectivity index (χ3n) is 3.63. The number of halogens is 2. The first-order valence-electron chi connectivity index (χ1n) is 6.48. The Labute approximate surface area is 100 Å². The fraction of sp³-hybridized carbons (Fsp3) is 0.917.